The predicted octanol–water partition coefficient (Wildman–Crippen LogP) is 4.06. The summed E-state index contributed by atoms with van der Waals surface area (Å²) in [5.74, 6) is -0.579. The zero-order valence-corrected chi connectivity index (χ0v) is 13.1. The van der Waals surface area contributed by atoms with Crippen LogP contribution in [0.15, 0.2) is 41.0 Å². The van der Waals surface area contributed by atoms with E-state index >= 15 is 0 Å². The summed E-state index contributed by atoms with van der Waals surface area (Å²) in [5, 5.41) is 5.76. The lowest BCUT2D eigenvalue weighted by atomic mass is 10.2. The van der Waals surface area contributed by atoms with Crippen molar-refractivity contribution in [1.29, 1.82) is 0 Å². The fourth-order valence-electron chi connectivity index (χ4n) is 1.75. The molecule has 0 saturated carbocycles. The van der Waals surface area contributed by atoms with E-state index in [2.05, 4.69) is 31.5 Å². The van der Waals surface area contributed by atoms with E-state index in [0.29, 0.717) is 18.1 Å². The molecule has 0 fully saturated rings. The number of hydrogen-bond acceptors (Lipinski definition) is 3. The Kier molecular flexibility index (Phi) is 5.27. The molecule has 0 unspecified atom stereocenters. The van der Waals surface area contributed by atoms with Gasteiger partial charge in [-0.15, -0.1) is 0 Å². The van der Waals surface area contributed by atoms with E-state index < -0.39 is 11.7 Å². The van der Waals surface area contributed by atoms with Crippen LogP contribution in [0.3, 0.4) is 0 Å². The van der Waals surface area contributed by atoms with Gasteiger partial charge in [0.25, 0.3) is 5.91 Å². The third-order valence-electron chi connectivity index (χ3n) is 2.76. The van der Waals surface area contributed by atoms with Gasteiger partial charge in [-0.2, -0.15) is 0 Å². The molecule has 110 valence electrons. The summed E-state index contributed by atoms with van der Waals surface area (Å²) in [5.41, 5.74) is 0.799. The number of nitrogens with zero attached hydrogens (tertiary/aromatic N) is 1. The van der Waals surface area contributed by atoms with Crippen LogP contribution in [0.4, 0.5) is 15.9 Å². The number of hydrogen-bond donors (Lipinski definition) is 2. The molecule has 2 aromatic rings. The Morgan fingerprint density at radius 1 is 1.38 bits per heavy atom. The zero-order chi connectivity index (χ0) is 15.2. The van der Waals surface area contributed by atoms with Crippen LogP contribution in [0.5, 0.6) is 0 Å². The largest absolute Gasteiger partial charge is 0.369 e. The van der Waals surface area contributed by atoms with Crippen molar-refractivity contribution in [2.75, 3.05) is 17.2 Å². The van der Waals surface area contributed by atoms with Gasteiger partial charge in [-0.1, -0.05) is 19.1 Å². The minimum absolute atomic E-state index is 0.180. The van der Waals surface area contributed by atoms with E-state index in [-0.39, 0.29) is 5.56 Å². The molecule has 21 heavy (non-hydrogen) atoms. The molecule has 4 nitrogen and oxygen atoms in total. The number of benzene rings is 1. The van der Waals surface area contributed by atoms with Crippen molar-refractivity contribution in [1.82, 2.24) is 4.98 Å². The molecule has 1 aromatic heterocycles. The van der Waals surface area contributed by atoms with Crippen LogP contribution in [0.25, 0.3) is 0 Å². The molecule has 0 atom stereocenters. The molecule has 2 N–H and O–H groups in total. The highest BCUT2D eigenvalue weighted by Crippen LogP contribution is 2.23. The van der Waals surface area contributed by atoms with Crippen LogP contribution in [0.1, 0.15) is 23.7 Å². The van der Waals surface area contributed by atoms with Gasteiger partial charge in [-0.3, -0.25) is 4.79 Å². The Morgan fingerprint density at radius 3 is 2.86 bits per heavy atom. The molecule has 0 aliphatic rings. The van der Waals surface area contributed by atoms with E-state index in [4.69, 9.17) is 0 Å². The van der Waals surface area contributed by atoms with Crippen molar-refractivity contribution in [3.05, 3.63) is 52.4 Å². The number of pyridine rings is 1. The number of rotatable bonds is 5. The first-order chi connectivity index (χ1) is 10.1. The van der Waals surface area contributed by atoms with Crippen LogP contribution in [0.2, 0.25) is 0 Å². The predicted molar refractivity (Wildman–Crippen MR) is 85.1 cm³/mol. The Bertz CT molecular complexity index is 649. The van der Waals surface area contributed by atoms with Crippen LogP contribution in [0, 0.1) is 5.82 Å². The number of para-hydroxylation sites is 1. The lowest BCUT2D eigenvalue weighted by Gasteiger charge is -2.11. The highest BCUT2D eigenvalue weighted by atomic mass is 79.9. The monoisotopic (exact) mass is 351 g/mol. The maximum atomic E-state index is 13.4. The van der Waals surface area contributed by atoms with E-state index in [0.717, 1.165) is 17.1 Å². The van der Waals surface area contributed by atoms with Gasteiger partial charge in [-0.05, 0) is 40.5 Å². The number of halogens is 2. The van der Waals surface area contributed by atoms with Crippen molar-refractivity contribution >= 4 is 33.3 Å². The van der Waals surface area contributed by atoms with Gasteiger partial charge in [0.1, 0.15) is 11.6 Å². The Hall–Kier alpha value is -1.95. The van der Waals surface area contributed by atoms with Crippen LogP contribution in [-0.4, -0.2) is 17.4 Å². The molecule has 2 rings (SSSR count). The number of nitrogens with one attached hydrogen (secondary N) is 2. The van der Waals surface area contributed by atoms with E-state index in [1.54, 1.807) is 12.1 Å². The average molecular weight is 352 g/mol. The molecule has 1 aromatic carbocycles. The summed E-state index contributed by atoms with van der Waals surface area (Å²) >= 11 is 3.35. The van der Waals surface area contributed by atoms with Crippen LogP contribution < -0.4 is 10.6 Å². The molecule has 0 spiro atoms. The Labute approximate surface area is 130 Å². The Morgan fingerprint density at radius 2 is 2.14 bits per heavy atom. The minimum atomic E-state index is -0.547. The van der Waals surface area contributed by atoms with E-state index in [1.807, 2.05) is 19.1 Å². The first kappa shape index (κ1) is 15.4. The quantitative estimate of drug-likeness (QED) is 0.853. The second kappa shape index (κ2) is 7.17. The molecular formula is C15H15BrFN3O. The standard InChI is InChI=1S/C15H15BrFN3O/c1-2-7-18-14-11(8-10(17)9-19-14)15(21)20-13-6-4-3-5-12(13)16/h3-6,8-9H,2,7H2,1H3,(H,18,19)(H,20,21). The summed E-state index contributed by atoms with van der Waals surface area (Å²) in [7, 11) is 0. The molecule has 0 bridgehead atoms. The molecule has 0 aliphatic heterocycles. The summed E-state index contributed by atoms with van der Waals surface area (Å²) in [6.07, 6.45) is 1.97. The second-order valence-corrected chi connectivity index (χ2v) is 5.26. The second-order valence-electron chi connectivity index (χ2n) is 4.41. The van der Waals surface area contributed by atoms with E-state index in [1.165, 1.54) is 6.07 Å². The van der Waals surface area contributed by atoms with Crippen molar-refractivity contribution in [2.24, 2.45) is 0 Å². The molecular weight excluding hydrogens is 337 g/mol. The fourth-order valence-corrected chi connectivity index (χ4v) is 2.13. The summed E-state index contributed by atoms with van der Waals surface area (Å²) in [4.78, 5) is 16.3. The first-order valence-corrected chi connectivity index (χ1v) is 7.36. The fraction of sp³-hybridized carbons (Fsp3) is 0.200. The van der Waals surface area contributed by atoms with Gasteiger partial charge in [-0.25, -0.2) is 9.37 Å². The SMILES string of the molecule is CCCNc1ncc(F)cc1C(=O)Nc1ccccc1Br. The van der Waals surface area contributed by atoms with E-state index in [9.17, 15) is 9.18 Å². The molecule has 0 radical (unpaired) electrons. The maximum absolute atomic E-state index is 13.4. The maximum Gasteiger partial charge on any atom is 0.259 e. The van der Waals surface area contributed by atoms with Gasteiger partial charge < -0.3 is 10.6 Å². The van der Waals surface area contributed by atoms with Gasteiger partial charge in [0.15, 0.2) is 0 Å². The van der Waals surface area contributed by atoms with Crippen molar-refractivity contribution in [3.63, 3.8) is 0 Å². The molecule has 1 heterocycles. The number of anilines is 2. The lowest BCUT2D eigenvalue weighted by molar-refractivity contribution is 0.102. The highest BCUT2D eigenvalue weighted by Gasteiger charge is 2.15. The topological polar surface area (TPSA) is 54.0 Å². The summed E-state index contributed by atoms with van der Waals surface area (Å²) < 4.78 is 14.1. The summed E-state index contributed by atoms with van der Waals surface area (Å²) in [6.45, 7) is 2.66. The number of carbonyl (C=O) groups is 1. The third kappa shape index (κ3) is 4.01. The van der Waals surface area contributed by atoms with Crippen molar-refractivity contribution in [2.45, 2.75) is 13.3 Å². The highest BCUT2D eigenvalue weighted by molar-refractivity contribution is 9.10. The van der Waals surface area contributed by atoms with Gasteiger partial charge in [0.05, 0.1) is 17.4 Å². The first-order valence-electron chi connectivity index (χ1n) is 6.57. The molecule has 0 saturated heterocycles. The molecule has 0 aliphatic carbocycles. The third-order valence-corrected chi connectivity index (χ3v) is 3.45. The lowest BCUT2D eigenvalue weighted by Crippen LogP contribution is -2.16. The van der Waals surface area contributed by atoms with Crippen LogP contribution in [-0.2, 0) is 0 Å². The summed E-state index contributed by atoms with van der Waals surface area (Å²) in [6, 6.07) is 8.40. The minimum Gasteiger partial charge on any atom is -0.369 e. The zero-order valence-electron chi connectivity index (χ0n) is 11.5. The van der Waals surface area contributed by atoms with Gasteiger partial charge >= 0.3 is 0 Å². The van der Waals surface area contributed by atoms with Crippen molar-refractivity contribution < 1.29 is 9.18 Å². The van der Waals surface area contributed by atoms with Gasteiger partial charge in [0.2, 0.25) is 0 Å². The molecule has 1 amide bonds. The van der Waals surface area contributed by atoms with Crippen LogP contribution >= 0.6 is 15.9 Å². The number of aromatic nitrogens is 1. The average Bonchev–Trinajstić information content (AvgIpc) is 2.48. The number of amides is 1. The number of carbonyl (C=O) groups excluding carboxylic acids is 1. The van der Waals surface area contributed by atoms with Crippen molar-refractivity contribution in [3.8, 4) is 0 Å². The Balaban J connectivity index is 2.25. The molecule has 6 heteroatoms. The van der Waals surface area contributed by atoms with Gasteiger partial charge in [0, 0.05) is 11.0 Å². The normalized spacial score (nSPS) is 10.2. The smallest absolute Gasteiger partial charge is 0.259 e.